The Morgan fingerprint density at radius 3 is 1.73 bits per heavy atom. The van der Waals surface area contributed by atoms with Gasteiger partial charge in [-0.25, -0.2) is 0 Å². The minimum absolute atomic E-state index is 0. The van der Waals surface area contributed by atoms with E-state index in [1.54, 1.807) is 0 Å². The second kappa shape index (κ2) is 5.90. The van der Waals surface area contributed by atoms with Gasteiger partial charge in [0.2, 0.25) is 0 Å². The van der Waals surface area contributed by atoms with Gasteiger partial charge in [0, 0.05) is 0 Å². The average Bonchev–Trinajstić information content (AvgIpc) is 2.08. The van der Waals surface area contributed by atoms with E-state index in [-0.39, 0.29) is 19.0 Å². The number of rotatable bonds is 6. The number of hydrogen-bond donors (Lipinski definition) is 3. The molecule has 0 unspecified atom stereocenters. The average molecular weight is 182 g/mol. The van der Waals surface area contributed by atoms with Crippen molar-refractivity contribution in [1.29, 1.82) is 0 Å². The third-order valence-corrected chi connectivity index (χ3v) is 5.49. The van der Waals surface area contributed by atoms with Gasteiger partial charge in [0.1, 0.15) is 0 Å². The van der Waals surface area contributed by atoms with Gasteiger partial charge >= 0.3 is 67.6 Å². The van der Waals surface area contributed by atoms with Gasteiger partial charge in [-0.2, -0.15) is 0 Å². The molecule has 0 atom stereocenters. The predicted molar refractivity (Wildman–Crippen MR) is 49.3 cm³/mol. The van der Waals surface area contributed by atoms with Crippen LogP contribution < -0.4 is 0 Å². The maximum atomic E-state index is 8.94. The van der Waals surface area contributed by atoms with Crippen LogP contribution in [0.25, 0.3) is 0 Å². The summed E-state index contributed by atoms with van der Waals surface area (Å²) in [5.41, 5.74) is 0. The van der Waals surface area contributed by atoms with Crippen LogP contribution in [0, 0.1) is 0 Å². The van der Waals surface area contributed by atoms with Crippen LogP contribution in [0.5, 0.6) is 0 Å². The summed E-state index contributed by atoms with van der Waals surface area (Å²) in [6.45, 7) is 2.06. The van der Waals surface area contributed by atoms with E-state index in [9.17, 15) is 0 Å². The molecule has 0 aliphatic heterocycles. The van der Waals surface area contributed by atoms with Crippen LogP contribution in [0.4, 0.5) is 0 Å². The standard InChI is InChI=1S/C7H19O3P/c1-2-3-4-11(5-8,6-9)7-10/h8-11H,2-7H2,1H3. The Balaban J connectivity index is 3.84. The quantitative estimate of drug-likeness (QED) is 0.521. The number of hydrogen-bond acceptors (Lipinski definition) is 3. The molecule has 0 aromatic heterocycles. The molecule has 0 saturated heterocycles. The van der Waals surface area contributed by atoms with Crippen molar-refractivity contribution in [2.24, 2.45) is 0 Å². The van der Waals surface area contributed by atoms with Gasteiger partial charge in [0.05, 0.1) is 0 Å². The Kier molecular flexibility index (Phi) is 6.06. The van der Waals surface area contributed by atoms with E-state index in [0.29, 0.717) is 0 Å². The maximum absolute atomic E-state index is 8.94. The van der Waals surface area contributed by atoms with Crippen LogP contribution in [-0.4, -0.2) is 40.5 Å². The molecule has 0 aromatic rings. The second-order valence-electron chi connectivity index (χ2n) is 3.08. The summed E-state index contributed by atoms with van der Waals surface area (Å²) in [7, 11) is -2.07. The van der Waals surface area contributed by atoms with Crippen LogP contribution in [0.1, 0.15) is 19.8 Å². The Morgan fingerprint density at radius 1 is 1.00 bits per heavy atom. The van der Waals surface area contributed by atoms with Crippen molar-refractivity contribution in [3.8, 4) is 0 Å². The molecule has 0 spiro atoms. The molecular weight excluding hydrogens is 163 g/mol. The Labute approximate surface area is 68.4 Å². The van der Waals surface area contributed by atoms with Crippen molar-refractivity contribution in [2.75, 3.05) is 25.2 Å². The molecule has 0 bridgehead atoms. The van der Waals surface area contributed by atoms with E-state index in [0.717, 1.165) is 19.0 Å². The fraction of sp³-hybridized carbons (Fsp3) is 1.00. The number of unbranched alkanes of at least 4 members (excludes halogenated alkanes) is 1. The molecule has 0 aliphatic rings. The summed E-state index contributed by atoms with van der Waals surface area (Å²) in [4.78, 5) is 0. The van der Waals surface area contributed by atoms with Crippen LogP contribution in [0.15, 0.2) is 0 Å². The molecular formula is C7H19O3P. The first-order valence-corrected chi connectivity index (χ1v) is 6.90. The van der Waals surface area contributed by atoms with Crippen LogP contribution >= 0.6 is 7.26 Å². The first-order valence-electron chi connectivity index (χ1n) is 4.07. The van der Waals surface area contributed by atoms with E-state index in [1.165, 1.54) is 0 Å². The fourth-order valence-corrected chi connectivity index (χ4v) is 2.82. The molecule has 0 aromatic carbocycles. The molecule has 0 rings (SSSR count). The molecule has 0 fully saturated rings. The van der Waals surface area contributed by atoms with Crippen molar-refractivity contribution in [3.05, 3.63) is 0 Å². The van der Waals surface area contributed by atoms with E-state index in [2.05, 4.69) is 6.92 Å². The predicted octanol–water partition coefficient (Wildman–Crippen LogP) is 0.386. The van der Waals surface area contributed by atoms with Crippen molar-refractivity contribution < 1.29 is 15.3 Å². The van der Waals surface area contributed by atoms with Crippen LogP contribution in [-0.2, 0) is 0 Å². The molecule has 0 aliphatic carbocycles. The normalized spacial score (nSPS) is 13.5. The van der Waals surface area contributed by atoms with Crippen molar-refractivity contribution in [3.63, 3.8) is 0 Å². The van der Waals surface area contributed by atoms with E-state index in [4.69, 9.17) is 15.3 Å². The SMILES string of the molecule is CCCC[PH](CO)(CO)CO. The molecule has 0 heterocycles. The van der Waals surface area contributed by atoms with Gasteiger partial charge in [-0.15, -0.1) is 0 Å². The van der Waals surface area contributed by atoms with E-state index >= 15 is 0 Å². The monoisotopic (exact) mass is 182 g/mol. The molecule has 3 nitrogen and oxygen atoms in total. The summed E-state index contributed by atoms with van der Waals surface area (Å²) in [6, 6.07) is 0. The van der Waals surface area contributed by atoms with E-state index < -0.39 is 7.26 Å². The topological polar surface area (TPSA) is 60.7 Å². The summed E-state index contributed by atoms with van der Waals surface area (Å²) >= 11 is 0. The van der Waals surface area contributed by atoms with Crippen molar-refractivity contribution >= 4 is 7.26 Å². The second-order valence-corrected chi connectivity index (χ2v) is 7.53. The van der Waals surface area contributed by atoms with Gasteiger partial charge in [0.15, 0.2) is 0 Å². The molecule has 4 heteroatoms. The third kappa shape index (κ3) is 3.48. The molecule has 0 amide bonds. The van der Waals surface area contributed by atoms with Gasteiger partial charge in [-0.1, -0.05) is 0 Å². The first kappa shape index (κ1) is 11.3. The van der Waals surface area contributed by atoms with Gasteiger partial charge in [0.25, 0.3) is 0 Å². The Hall–Kier alpha value is 0.310. The van der Waals surface area contributed by atoms with Gasteiger partial charge in [-0.3, -0.25) is 0 Å². The zero-order valence-corrected chi connectivity index (χ0v) is 8.08. The summed E-state index contributed by atoms with van der Waals surface area (Å²) in [6.07, 6.45) is 2.87. The Morgan fingerprint density at radius 2 is 1.45 bits per heavy atom. The van der Waals surface area contributed by atoms with Gasteiger partial charge in [-0.05, 0) is 0 Å². The van der Waals surface area contributed by atoms with Crippen LogP contribution in [0.2, 0.25) is 0 Å². The van der Waals surface area contributed by atoms with Gasteiger partial charge < -0.3 is 0 Å². The Bertz CT molecular complexity index is 85.4. The van der Waals surface area contributed by atoms with Crippen molar-refractivity contribution in [2.45, 2.75) is 19.8 Å². The summed E-state index contributed by atoms with van der Waals surface area (Å²) < 4.78 is 0. The summed E-state index contributed by atoms with van der Waals surface area (Å²) in [5.74, 6) is 0. The zero-order chi connectivity index (χ0) is 8.74. The number of aliphatic hydroxyl groups excluding tert-OH is 3. The fourth-order valence-electron chi connectivity index (χ4n) is 0.939. The number of aliphatic hydroxyl groups is 3. The molecule has 0 saturated carbocycles. The molecule has 11 heavy (non-hydrogen) atoms. The summed E-state index contributed by atoms with van der Waals surface area (Å²) in [5, 5.41) is 26.8. The van der Waals surface area contributed by atoms with Crippen LogP contribution in [0.3, 0.4) is 0 Å². The minimum atomic E-state index is -2.07. The molecule has 3 N–H and O–H groups in total. The zero-order valence-electron chi connectivity index (χ0n) is 7.08. The molecule has 70 valence electrons. The molecule has 0 radical (unpaired) electrons. The van der Waals surface area contributed by atoms with E-state index in [1.807, 2.05) is 0 Å². The first-order chi connectivity index (χ1) is 5.24. The third-order valence-electron chi connectivity index (χ3n) is 2.07. The van der Waals surface area contributed by atoms with Crippen molar-refractivity contribution in [1.82, 2.24) is 0 Å².